The molecule has 8 rings (SSSR count). The van der Waals surface area contributed by atoms with Crippen LogP contribution in [0, 0.1) is 0 Å². The number of benzene rings is 6. The van der Waals surface area contributed by atoms with Gasteiger partial charge in [0, 0.05) is 12.6 Å². The van der Waals surface area contributed by atoms with E-state index in [2.05, 4.69) is 103 Å². The lowest BCUT2D eigenvalue weighted by Gasteiger charge is -2.19. The highest BCUT2D eigenvalue weighted by Gasteiger charge is 2.23. The molecule has 0 fully saturated rings. The molecule has 2 aromatic heterocycles. The minimum atomic E-state index is -0.199. The minimum absolute atomic E-state index is 0.115. The number of nitrogens with zero attached hydrogens (tertiary/aromatic N) is 4. The van der Waals surface area contributed by atoms with Gasteiger partial charge < -0.3 is 0 Å². The Hall–Kier alpha value is -5.81. The first-order valence-electron chi connectivity index (χ1n) is 15.2. The van der Waals surface area contributed by atoms with Crippen molar-refractivity contribution in [1.29, 1.82) is 0 Å². The largest absolute Gasteiger partial charge is 0.330 e. The summed E-state index contributed by atoms with van der Waals surface area (Å²) in [5.41, 5.74) is 7.92. The summed E-state index contributed by atoms with van der Waals surface area (Å²) in [7, 11) is 1.78. The molecule has 0 aliphatic rings. The molecule has 0 saturated heterocycles. The van der Waals surface area contributed by atoms with Crippen LogP contribution in [0.4, 0.5) is 0 Å². The van der Waals surface area contributed by atoms with Crippen LogP contribution in [-0.2, 0) is 7.05 Å². The molecular weight excluding hydrogens is 552 g/mol. The Kier molecular flexibility index (Phi) is 6.38. The third-order valence-corrected chi connectivity index (χ3v) is 8.94. The van der Waals surface area contributed by atoms with Crippen LogP contribution in [0.15, 0.2) is 144 Å². The fraction of sp³-hybridized carbons (Fsp3) is 0.0750. The van der Waals surface area contributed by atoms with Gasteiger partial charge in [0.25, 0.3) is 0 Å². The van der Waals surface area contributed by atoms with Gasteiger partial charge >= 0.3 is 5.69 Å². The molecule has 0 N–H and O–H groups in total. The average Bonchev–Trinajstić information content (AvgIpc) is 3.35. The predicted octanol–water partition coefficient (Wildman–Crippen LogP) is 9.05. The molecular formula is C40H30N4O. The highest BCUT2D eigenvalue weighted by molar-refractivity contribution is 6.21. The zero-order chi connectivity index (χ0) is 30.5. The maximum atomic E-state index is 13.6. The molecule has 0 saturated carbocycles. The summed E-state index contributed by atoms with van der Waals surface area (Å²) in [5.74, 6) is 0.595. The van der Waals surface area contributed by atoms with Crippen molar-refractivity contribution in [3.8, 4) is 33.6 Å². The molecule has 0 aliphatic heterocycles. The zero-order valence-electron chi connectivity index (χ0n) is 25.1. The second-order valence-electron chi connectivity index (χ2n) is 11.5. The van der Waals surface area contributed by atoms with Gasteiger partial charge in [-0.15, -0.1) is 0 Å². The molecule has 216 valence electrons. The molecule has 1 atom stereocenters. The lowest BCUT2D eigenvalue weighted by molar-refractivity contribution is 0.613. The van der Waals surface area contributed by atoms with Crippen molar-refractivity contribution in [1.82, 2.24) is 19.1 Å². The summed E-state index contributed by atoms with van der Waals surface area (Å²) in [5, 5.41) is 4.38. The normalized spacial score (nSPS) is 12.2. The molecule has 8 aromatic rings. The molecule has 0 aliphatic carbocycles. The number of fused-ring (bicyclic) bond motifs is 3. The number of rotatable bonds is 5. The fourth-order valence-electron chi connectivity index (χ4n) is 6.72. The van der Waals surface area contributed by atoms with Gasteiger partial charge in [-0.1, -0.05) is 133 Å². The van der Waals surface area contributed by atoms with Crippen molar-refractivity contribution < 1.29 is 0 Å². The van der Waals surface area contributed by atoms with Gasteiger partial charge in [0.1, 0.15) is 5.52 Å². The third kappa shape index (κ3) is 4.27. The van der Waals surface area contributed by atoms with E-state index in [9.17, 15) is 4.79 Å². The summed E-state index contributed by atoms with van der Waals surface area (Å²) >= 11 is 0. The molecule has 2 heterocycles. The Morgan fingerprint density at radius 2 is 1.11 bits per heavy atom. The molecule has 0 amide bonds. The zero-order valence-corrected chi connectivity index (χ0v) is 25.1. The van der Waals surface area contributed by atoms with Crippen LogP contribution in [0.2, 0.25) is 0 Å². The van der Waals surface area contributed by atoms with Crippen molar-refractivity contribution in [2.24, 2.45) is 7.05 Å². The Balaban J connectivity index is 1.43. The second-order valence-corrected chi connectivity index (χ2v) is 11.5. The number of hydrogen-bond acceptors (Lipinski definition) is 3. The van der Waals surface area contributed by atoms with Crippen molar-refractivity contribution in [3.05, 3.63) is 156 Å². The van der Waals surface area contributed by atoms with Gasteiger partial charge in [0.15, 0.2) is 11.5 Å². The summed E-state index contributed by atoms with van der Waals surface area (Å²) < 4.78 is 3.42. The van der Waals surface area contributed by atoms with Crippen LogP contribution in [0.3, 0.4) is 0 Å². The van der Waals surface area contributed by atoms with Crippen LogP contribution in [0.25, 0.3) is 66.4 Å². The van der Waals surface area contributed by atoms with E-state index in [-0.39, 0.29) is 11.7 Å². The van der Waals surface area contributed by atoms with Crippen molar-refractivity contribution in [2.75, 3.05) is 0 Å². The molecule has 0 radical (unpaired) electrons. The maximum Gasteiger partial charge on any atom is 0.330 e. The number of aromatic nitrogens is 4. The topological polar surface area (TPSA) is 52.7 Å². The highest BCUT2D eigenvalue weighted by Crippen LogP contribution is 2.45. The summed E-state index contributed by atoms with van der Waals surface area (Å²) in [4.78, 5) is 23.7. The van der Waals surface area contributed by atoms with Crippen molar-refractivity contribution >= 4 is 32.7 Å². The van der Waals surface area contributed by atoms with E-state index in [4.69, 9.17) is 9.97 Å². The predicted molar refractivity (Wildman–Crippen MR) is 184 cm³/mol. The van der Waals surface area contributed by atoms with E-state index < -0.39 is 0 Å². The standard InChI is InChI=1S/C40H30N4O/c1-26(27-15-5-3-6-16-27)44-39-35(43(2)40(44)45)25-41-38(42-39)37-33-23-13-11-21-31(33)36(32-22-12-14-24-34(32)37)30-20-10-9-19-29(30)28-17-7-4-8-18-28/h3-26H,1-2H3/t26-/m1/s1. The monoisotopic (exact) mass is 582 g/mol. The van der Waals surface area contributed by atoms with Crippen LogP contribution in [0.1, 0.15) is 18.5 Å². The van der Waals surface area contributed by atoms with Gasteiger partial charge in [-0.25, -0.2) is 14.8 Å². The lowest BCUT2D eigenvalue weighted by atomic mass is 9.85. The van der Waals surface area contributed by atoms with Gasteiger partial charge in [-0.05, 0) is 56.3 Å². The van der Waals surface area contributed by atoms with Crippen molar-refractivity contribution in [3.63, 3.8) is 0 Å². The Bertz CT molecular complexity index is 2370. The van der Waals surface area contributed by atoms with Crippen LogP contribution < -0.4 is 5.69 Å². The van der Waals surface area contributed by atoms with Crippen LogP contribution in [-0.4, -0.2) is 19.1 Å². The summed E-state index contributed by atoms with van der Waals surface area (Å²) in [6.45, 7) is 2.04. The van der Waals surface area contributed by atoms with E-state index in [0.29, 0.717) is 17.0 Å². The number of imidazole rings is 1. The summed E-state index contributed by atoms with van der Waals surface area (Å²) in [6, 6.07) is 46.1. The Morgan fingerprint density at radius 3 is 1.73 bits per heavy atom. The van der Waals surface area contributed by atoms with Gasteiger partial charge in [-0.3, -0.25) is 9.13 Å². The molecule has 5 nitrogen and oxygen atoms in total. The average molecular weight is 583 g/mol. The first kappa shape index (κ1) is 26.8. The number of hydrogen-bond donors (Lipinski definition) is 0. The minimum Gasteiger partial charge on any atom is -0.292 e. The smallest absolute Gasteiger partial charge is 0.292 e. The first-order chi connectivity index (χ1) is 22.1. The van der Waals surface area contributed by atoms with E-state index in [1.165, 1.54) is 22.3 Å². The lowest BCUT2D eigenvalue weighted by Crippen LogP contribution is -2.25. The molecule has 6 aromatic carbocycles. The van der Waals surface area contributed by atoms with Crippen LogP contribution in [0.5, 0.6) is 0 Å². The van der Waals surface area contributed by atoms with Crippen molar-refractivity contribution in [2.45, 2.75) is 13.0 Å². The first-order valence-corrected chi connectivity index (χ1v) is 15.2. The second kappa shape index (κ2) is 10.7. The molecule has 5 heteroatoms. The molecule has 45 heavy (non-hydrogen) atoms. The Morgan fingerprint density at radius 1 is 0.600 bits per heavy atom. The fourth-order valence-corrected chi connectivity index (χ4v) is 6.72. The van der Waals surface area contributed by atoms with Gasteiger partial charge in [0.05, 0.1) is 12.2 Å². The van der Waals surface area contributed by atoms with Crippen LogP contribution >= 0.6 is 0 Å². The SMILES string of the molecule is C[C@H](c1ccccc1)n1c(=O)n(C)c2cnc(-c3c4ccccc4c(-c4ccccc4-c4ccccc4)c4ccccc34)nc21. The van der Waals surface area contributed by atoms with E-state index in [0.717, 1.165) is 32.7 Å². The molecule has 0 spiro atoms. The third-order valence-electron chi connectivity index (χ3n) is 8.94. The van der Waals surface area contributed by atoms with Gasteiger partial charge in [0.2, 0.25) is 0 Å². The summed E-state index contributed by atoms with van der Waals surface area (Å²) in [6.07, 6.45) is 1.79. The molecule has 0 unspecified atom stereocenters. The van der Waals surface area contributed by atoms with Gasteiger partial charge in [-0.2, -0.15) is 0 Å². The quantitative estimate of drug-likeness (QED) is 0.190. The highest BCUT2D eigenvalue weighted by atomic mass is 16.1. The van der Waals surface area contributed by atoms with E-state index in [1.807, 2.05) is 37.3 Å². The van der Waals surface area contributed by atoms with E-state index >= 15 is 0 Å². The molecule has 0 bridgehead atoms. The number of aryl methyl sites for hydroxylation is 1. The maximum absolute atomic E-state index is 13.6. The van der Waals surface area contributed by atoms with E-state index in [1.54, 1.807) is 22.4 Å². The Labute approximate surface area is 260 Å².